The molecule has 0 saturated heterocycles. The van der Waals surface area contributed by atoms with Crippen LogP contribution in [-0.4, -0.2) is 35.8 Å². The molecular weight excluding hydrogens is 191 g/mol. The standard InChI is InChI=1S/C7H13FN4O2/c8-4-7(11,5(13)14)2-1-3-12-6(9)10/h1-2H,3-4,11H2,(H,13,14)(H4,9,10,12). The minimum Gasteiger partial charge on any atom is -0.480 e. The zero-order chi connectivity index (χ0) is 11.2. The van der Waals surface area contributed by atoms with Gasteiger partial charge in [0.1, 0.15) is 6.67 Å². The lowest BCUT2D eigenvalue weighted by molar-refractivity contribution is -0.141. The summed E-state index contributed by atoms with van der Waals surface area (Å²) in [7, 11) is 0. The number of hydrogen-bond donors (Lipinski definition) is 4. The van der Waals surface area contributed by atoms with Gasteiger partial charge in [-0.25, -0.2) is 14.2 Å². The Kier molecular flexibility index (Phi) is 4.57. The summed E-state index contributed by atoms with van der Waals surface area (Å²) in [5.41, 5.74) is 13.2. The van der Waals surface area contributed by atoms with Crippen LogP contribution in [0.4, 0.5) is 4.39 Å². The number of aliphatic carboxylic acids is 1. The van der Waals surface area contributed by atoms with E-state index in [2.05, 4.69) is 4.99 Å². The summed E-state index contributed by atoms with van der Waals surface area (Å²) < 4.78 is 12.2. The quantitative estimate of drug-likeness (QED) is 0.248. The topological polar surface area (TPSA) is 128 Å². The molecule has 0 aliphatic rings. The van der Waals surface area contributed by atoms with Gasteiger partial charge in [0, 0.05) is 0 Å². The molecule has 7 N–H and O–H groups in total. The number of alkyl halides is 1. The molecule has 0 aromatic heterocycles. The predicted molar refractivity (Wildman–Crippen MR) is 50.3 cm³/mol. The molecule has 0 saturated carbocycles. The second kappa shape index (κ2) is 5.18. The first-order valence-electron chi connectivity index (χ1n) is 3.73. The molecule has 0 aromatic rings. The van der Waals surface area contributed by atoms with Crippen molar-refractivity contribution < 1.29 is 14.3 Å². The molecule has 0 rings (SSSR count). The number of nitrogens with zero attached hydrogens (tertiary/aromatic N) is 1. The van der Waals surface area contributed by atoms with Gasteiger partial charge < -0.3 is 22.3 Å². The van der Waals surface area contributed by atoms with E-state index in [0.29, 0.717) is 0 Å². The van der Waals surface area contributed by atoms with Crippen LogP contribution in [-0.2, 0) is 4.79 Å². The number of guanidine groups is 1. The van der Waals surface area contributed by atoms with E-state index in [1.807, 2.05) is 0 Å². The molecular formula is C7H13FN4O2. The van der Waals surface area contributed by atoms with Crippen LogP contribution in [0.15, 0.2) is 17.1 Å². The molecule has 0 aliphatic carbocycles. The molecule has 0 heterocycles. The van der Waals surface area contributed by atoms with Crippen LogP contribution < -0.4 is 17.2 Å². The predicted octanol–water partition coefficient (Wildman–Crippen LogP) is -1.43. The first-order valence-corrected chi connectivity index (χ1v) is 3.73. The van der Waals surface area contributed by atoms with E-state index in [1.165, 1.54) is 6.08 Å². The Morgan fingerprint density at radius 3 is 2.50 bits per heavy atom. The van der Waals surface area contributed by atoms with Gasteiger partial charge in [-0.1, -0.05) is 12.2 Å². The molecule has 14 heavy (non-hydrogen) atoms. The average molecular weight is 204 g/mol. The molecule has 0 fully saturated rings. The monoisotopic (exact) mass is 204 g/mol. The van der Waals surface area contributed by atoms with Crippen LogP contribution in [0.3, 0.4) is 0 Å². The van der Waals surface area contributed by atoms with E-state index in [1.54, 1.807) is 0 Å². The van der Waals surface area contributed by atoms with Crippen molar-refractivity contribution >= 4 is 11.9 Å². The second-order valence-electron chi connectivity index (χ2n) is 2.65. The van der Waals surface area contributed by atoms with E-state index < -0.39 is 18.2 Å². The molecule has 6 nitrogen and oxygen atoms in total. The van der Waals surface area contributed by atoms with Crippen LogP contribution in [0.1, 0.15) is 0 Å². The molecule has 1 atom stereocenters. The third kappa shape index (κ3) is 3.85. The van der Waals surface area contributed by atoms with E-state index in [9.17, 15) is 9.18 Å². The van der Waals surface area contributed by atoms with Crippen molar-refractivity contribution in [3.63, 3.8) is 0 Å². The van der Waals surface area contributed by atoms with Crippen molar-refractivity contribution in [1.82, 2.24) is 0 Å². The minimum atomic E-state index is -2.00. The van der Waals surface area contributed by atoms with Gasteiger partial charge >= 0.3 is 5.97 Å². The van der Waals surface area contributed by atoms with Crippen LogP contribution in [0, 0.1) is 0 Å². The van der Waals surface area contributed by atoms with Crippen LogP contribution in [0.5, 0.6) is 0 Å². The Bertz CT molecular complexity index is 262. The van der Waals surface area contributed by atoms with Crippen molar-refractivity contribution in [2.75, 3.05) is 13.2 Å². The number of carbonyl (C=O) groups is 1. The van der Waals surface area contributed by atoms with Crippen molar-refractivity contribution in [3.8, 4) is 0 Å². The fourth-order valence-corrected chi connectivity index (χ4v) is 0.594. The van der Waals surface area contributed by atoms with Crippen molar-refractivity contribution in [1.29, 1.82) is 0 Å². The fourth-order valence-electron chi connectivity index (χ4n) is 0.594. The zero-order valence-corrected chi connectivity index (χ0v) is 7.48. The molecule has 0 spiro atoms. The van der Waals surface area contributed by atoms with Crippen molar-refractivity contribution in [3.05, 3.63) is 12.2 Å². The van der Waals surface area contributed by atoms with Gasteiger partial charge in [-0.3, -0.25) is 0 Å². The molecule has 0 radical (unpaired) electrons. The number of halogens is 1. The number of carboxylic acids is 1. The van der Waals surface area contributed by atoms with Crippen molar-refractivity contribution in [2.24, 2.45) is 22.2 Å². The fraction of sp³-hybridized carbons (Fsp3) is 0.429. The Balaban J connectivity index is 4.32. The van der Waals surface area contributed by atoms with Crippen LogP contribution >= 0.6 is 0 Å². The molecule has 7 heteroatoms. The third-order valence-electron chi connectivity index (χ3n) is 1.41. The highest BCUT2D eigenvalue weighted by Crippen LogP contribution is 2.04. The van der Waals surface area contributed by atoms with Gasteiger partial charge in [0.2, 0.25) is 0 Å². The van der Waals surface area contributed by atoms with Gasteiger partial charge in [-0.05, 0) is 0 Å². The normalized spacial score (nSPS) is 15.0. The van der Waals surface area contributed by atoms with Gasteiger partial charge in [0.15, 0.2) is 11.5 Å². The number of carboxylic acid groups (broad SMARTS) is 1. The number of nitrogens with two attached hydrogens (primary N) is 3. The van der Waals surface area contributed by atoms with E-state index in [0.717, 1.165) is 6.08 Å². The third-order valence-corrected chi connectivity index (χ3v) is 1.41. The number of hydrogen-bond acceptors (Lipinski definition) is 3. The lowest BCUT2D eigenvalue weighted by atomic mass is 10.0. The summed E-state index contributed by atoms with van der Waals surface area (Å²) in [5, 5.41) is 8.54. The van der Waals surface area contributed by atoms with E-state index in [4.69, 9.17) is 22.3 Å². The lowest BCUT2D eigenvalue weighted by Gasteiger charge is -2.15. The Hall–Kier alpha value is -1.63. The Morgan fingerprint density at radius 1 is 1.57 bits per heavy atom. The maximum absolute atomic E-state index is 12.2. The maximum atomic E-state index is 12.2. The largest absolute Gasteiger partial charge is 0.480 e. The van der Waals surface area contributed by atoms with E-state index in [-0.39, 0.29) is 12.5 Å². The highest BCUT2D eigenvalue weighted by molar-refractivity contribution is 5.81. The van der Waals surface area contributed by atoms with Crippen LogP contribution in [0.2, 0.25) is 0 Å². The van der Waals surface area contributed by atoms with Crippen molar-refractivity contribution in [2.45, 2.75) is 5.54 Å². The number of aliphatic imine (C=N–C) groups is 1. The summed E-state index contributed by atoms with van der Waals surface area (Å²) in [6.07, 6.45) is 2.30. The van der Waals surface area contributed by atoms with Gasteiger partial charge in [0.05, 0.1) is 6.54 Å². The smallest absolute Gasteiger partial charge is 0.330 e. The van der Waals surface area contributed by atoms with Gasteiger partial charge in [-0.15, -0.1) is 0 Å². The summed E-state index contributed by atoms with van der Waals surface area (Å²) in [5.74, 6) is -1.58. The molecule has 0 aromatic carbocycles. The minimum absolute atomic E-state index is 0.0641. The molecule has 0 aliphatic heterocycles. The summed E-state index contributed by atoms with van der Waals surface area (Å²) in [6.45, 7) is -1.13. The zero-order valence-electron chi connectivity index (χ0n) is 7.48. The Morgan fingerprint density at radius 2 is 2.14 bits per heavy atom. The summed E-state index contributed by atoms with van der Waals surface area (Å²) in [6, 6.07) is 0. The maximum Gasteiger partial charge on any atom is 0.330 e. The highest BCUT2D eigenvalue weighted by Gasteiger charge is 2.30. The van der Waals surface area contributed by atoms with Gasteiger partial charge in [-0.2, -0.15) is 0 Å². The molecule has 0 bridgehead atoms. The second-order valence-corrected chi connectivity index (χ2v) is 2.65. The van der Waals surface area contributed by atoms with Gasteiger partial charge in [0.25, 0.3) is 0 Å². The van der Waals surface area contributed by atoms with E-state index >= 15 is 0 Å². The first-order chi connectivity index (χ1) is 6.42. The summed E-state index contributed by atoms with van der Waals surface area (Å²) >= 11 is 0. The number of rotatable bonds is 5. The highest BCUT2D eigenvalue weighted by atomic mass is 19.1. The summed E-state index contributed by atoms with van der Waals surface area (Å²) in [4.78, 5) is 14.0. The Labute approximate surface area is 80.3 Å². The lowest BCUT2D eigenvalue weighted by Crippen LogP contribution is -2.48. The SMILES string of the molecule is NC(N)=NCC=CC(N)(CF)C(=O)O. The molecule has 1 unspecified atom stereocenters. The molecule has 0 amide bonds. The first kappa shape index (κ1) is 12.4. The van der Waals surface area contributed by atoms with Crippen LogP contribution in [0.25, 0.3) is 0 Å². The average Bonchev–Trinajstić information content (AvgIpc) is 2.11. The molecule has 80 valence electrons.